The fourth-order valence-electron chi connectivity index (χ4n) is 2.94. The number of hydrogen-bond acceptors (Lipinski definition) is 4. The maximum absolute atomic E-state index is 13.3. The van der Waals surface area contributed by atoms with Crippen molar-refractivity contribution in [1.29, 1.82) is 0 Å². The summed E-state index contributed by atoms with van der Waals surface area (Å²) in [6, 6.07) is 16.7. The van der Waals surface area contributed by atoms with Gasteiger partial charge in [0.1, 0.15) is 11.6 Å². The molecule has 0 saturated heterocycles. The topological polar surface area (TPSA) is 84.5 Å². The molecule has 0 radical (unpaired) electrons. The van der Waals surface area contributed by atoms with Crippen LogP contribution in [0.25, 0.3) is 0 Å². The molecule has 0 heterocycles. The summed E-state index contributed by atoms with van der Waals surface area (Å²) in [7, 11) is -3.75. The molecule has 34 heavy (non-hydrogen) atoms. The highest BCUT2D eigenvalue weighted by Crippen LogP contribution is 2.33. The van der Waals surface area contributed by atoms with E-state index in [0.717, 1.165) is 11.6 Å². The molecule has 0 unspecified atom stereocenters. The lowest BCUT2D eigenvalue weighted by atomic mass is 10.2. The Kier molecular flexibility index (Phi) is 7.90. The van der Waals surface area contributed by atoms with Gasteiger partial charge in [0, 0.05) is 12.2 Å². The third-order valence-electron chi connectivity index (χ3n) is 4.61. The Labute approximate surface area is 193 Å². The highest BCUT2D eigenvalue weighted by atomic mass is 32.2. The van der Waals surface area contributed by atoms with Gasteiger partial charge in [0.2, 0.25) is 10.0 Å². The van der Waals surface area contributed by atoms with Crippen LogP contribution in [-0.4, -0.2) is 27.5 Å². The third kappa shape index (κ3) is 7.03. The van der Waals surface area contributed by atoms with E-state index in [1.807, 2.05) is 30.3 Å². The first-order valence-corrected chi connectivity index (χ1v) is 11.5. The van der Waals surface area contributed by atoms with Gasteiger partial charge in [-0.15, -0.1) is 0 Å². The minimum absolute atomic E-state index is 0.00311. The average molecular weight is 496 g/mol. The molecule has 0 aliphatic heterocycles. The fourth-order valence-corrected chi connectivity index (χ4v) is 3.97. The van der Waals surface area contributed by atoms with Crippen molar-refractivity contribution in [2.24, 2.45) is 0 Å². The van der Waals surface area contributed by atoms with Crippen LogP contribution in [0.2, 0.25) is 0 Å². The molecule has 180 valence electrons. The van der Waals surface area contributed by atoms with Gasteiger partial charge < -0.3 is 10.1 Å². The molecular weight excluding hydrogens is 476 g/mol. The maximum Gasteiger partial charge on any atom is 0.419 e. The van der Waals surface area contributed by atoms with Crippen molar-refractivity contribution < 1.29 is 35.5 Å². The molecule has 0 aromatic heterocycles. The van der Waals surface area contributed by atoms with Gasteiger partial charge in [-0.05, 0) is 54.4 Å². The second-order valence-corrected chi connectivity index (χ2v) is 8.90. The molecule has 3 rings (SSSR count). The zero-order chi connectivity index (χ0) is 24.8. The van der Waals surface area contributed by atoms with E-state index in [1.54, 1.807) is 0 Å². The van der Waals surface area contributed by atoms with Crippen LogP contribution in [-0.2, 0) is 27.4 Å². The molecule has 0 spiro atoms. The van der Waals surface area contributed by atoms with Crippen molar-refractivity contribution in [3.8, 4) is 5.75 Å². The molecule has 0 aliphatic rings. The summed E-state index contributed by atoms with van der Waals surface area (Å²) in [5, 5.41) is 2.19. The second kappa shape index (κ2) is 10.7. The molecule has 0 aliphatic carbocycles. The molecule has 0 bridgehead atoms. The fraction of sp³-hybridized carbons (Fsp3) is 0.174. The van der Waals surface area contributed by atoms with Gasteiger partial charge in [-0.1, -0.05) is 30.3 Å². The second-order valence-electron chi connectivity index (χ2n) is 7.13. The summed E-state index contributed by atoms with van der Waals surface area (Å²) in [5.74, 6) is -2.06. The molecule has 0 atom stereocenters. The van der Waals surface area contributed by atoms with Gasteiger partial charge in [-0.25, -0.2) is 17.5 Å². The number of nitrogens with one attached hydrogen (secondary N) is 2. The van der Waals surface area contributed by atoms with Crippen molar-refractivity contribution in [3.63, 3.8) is 0 Å². The van der Waals surface area contributed by atoms with Gasteiger partial charge >= 0.3 is 6.18 Å². The molecule has 3 aromatic carbocycles. The summed E-state index contributed by atoms with van der Waals surface area (Å²) < 4.78 is 84.2. The van der Waals surface area contributed by atoms with Gasteiger partial charge in [-0.2, -0.15) is 13.2 Å². The Bertz CT molecular complexity index is 1230. The monoisotopic (exact) mass is 496 g/mol. The molecule has 1 amide bonds. The number of rotatable bonds is 9. The number of benzene rings is 3. The minimum atomic E-state index is -4.90. The van der Waals surface area contributed by atoms with Crippen LogP contribution >= 0.6 is 0 Å². The summed E-state index contributed by atoms with van der Waals surface area (Å²) in [6.07, 6.45) is -4.38. The lowest BCUT2D eigenvalue weighted by molar-refractivity contribution is -0.140. The molecule has 0 saturated carbocycles. The van der Waals surface area contributed by atoms with E-state index in [2.05, 4.69) is 10.0 Å². The smallest absolute Gasteiger partial charge is 0.419 e. The number of hydrogen-bond donors (Lipinski definition) is 2. The predicted octanol–water partition coefficient (Wildman–Crippen LogP) is 4.38. The number of halogens is 4. The van der Waals surface area contributed by atoms with E-state index in [0.29, 0.717) is 18.6 Å². The number of carbonyl (C=O) groups is 1. The quantitative estimate of drug-likeness (QED) is 0.431. The van der Waals surface area contributed by atoms with Gasteiger partial charge in [0.25, 0.3) is 5.91 Å². The number of amides is 1. The molecule has 0 fully saturated rings. The molecule has 2 N–H and O–H groups in total. The molecule has 6 nitrogen and oxygen atoms in total. The molecule has 3 aromatic rings. The van der Waals surface area contributed by atoms with E-state index in [4.69, 9.17) is 4.74 Å². The number of anilines is 1. The van der Waals surface area contributed by atoms with Crippen molar-refractivity contribution >= 4 is 21.6 Å². The first-order chi connectivity index (χ1) is 16.0. The predicted molar refractivity (Wildman–Crippen MR) is 117 cm³/mol. The third-order valence-corrected chi connectivity index (χ3v) is 6.08. The first kappa shape index (κ1) is 25.2. The Morgan fingerprint density at radius 2 is 1.62 bits per heavy atom. The lowest BCUT2D eigenvalue weighted by Gasteiger charge is -2.12. The zero-order valence-electron chi connectivity index (χ0n) is 17.6. The first-order valence-electron chi connectivity index (χ1n) is 9.98. The van der Waals surface area contributed by atoms with Gasteiger partial charge in [0.15, 0.2) is 6.61 Å². The number of ether oxygens (including phenoxy) is 1. The highest BCUT2D eigenvalue weighted by molar-refractivity contribution is 7.89. The van der Waals surface area contributed by atoms with Crippen molar-refractivity contribution in [2.75, 3.05) is 18.5 Å². The van der Waals surface area contributed by atoms with Crippen molar-refractivity contribution in [2.45, 2.75) is 17.5 Å². The SMILES string of the molecule is O=C(COc1ccc(S(=O)(=O)NCCc2ccccc2)cc1)Nc1ccc(F)c(C(F)(F)F)c1. The van der Waals surface area contributed by atoms with Crippen LogP contribution in [0.3, 0.4) is 0 Å². The van der Waals surface area contributed by atoms with Crippen LogP contribution in [0, 0.1) is 5.82 Å². The normalized spacial score (nSPS) is 11.8. The Hall–Kier alpha value is -3.44. The average Bonchev–Trinajstić information content (AvgIpc) is 2.79. The highest BCUT2D eigenvalue weighted by Gasteiger charge is 2.34. The zero-order valence-corrected chi connectivity index (χ0v) is 18.4. The minimum Gasteiger partial charge on any atom is -0.484 e. The Morgan fingerprint density at radius 1 is 0.941 bits per heavy atom. The Morgan fingerprint density at radius 3 is 2.26 bits per heavy atom. The largest absolute Gasteiger partial charge is 0.484 e. The summed E-state index contributed by atoms with van der Waals surface area (Å²) in [6.45, 7) is -0.343. The number of alkyl halides is 3. The number of carbonyl (C=O) groups excluding carboxylic acids is 1. The summed E-state index contributed by atoms with van der Waals surface area (Å²) in [4.78, 5) is 12.0. The summed E-state index contributed by atoms with van der Waals surface area (Å²) >= 11 is 0. The van der Waals surface area contributed by atoms with Gasteiger partial charge in [0.05, 0.1) is 10.5 Å². The number of sulfonamides is 1. The van der Waals surface area contributed by atoms with Crippen LogP contribution in [0.4, 0.5) is 23.2 Å². The van der Waals surface area contributed by atoms with E-state index < -0.39 is 40.1 Å². The van der Waals surface area contributed by atoms with E-state index >= 15 is 0 Å². The summed E-state index contributed by atoms with van der Waals surface area (Å²) in [5.41, 5.74) is -0.756. The van der Waals surface area contributed by atoms with Crippen LogP contribution < -0.4 is 14.8 Å². The molecular formula is C23H20F4N2O4S. The Balaban J connectivity index is 1.52. The van der Waals surface area contributed by atoms with Crippen LogP contribution in [0.1, 0.15) is 11.1 Å². The standard InChI is InChI=1S/C23H20F4N2O4S/c24-21-11-6-17(14-20(21)23(25,26)27)29-22(30)15-33-18-7-9-19(10-8-18)34(31,32)28-13-12-16-4-2-1-3-5-16/h1-11,14,28H,12-13,15H2,(H,29,30). The van der Waals surface area contributed by atoms with E-state index in [9.17, 15) is 30.8 Å². The van der Waals surface area contributed by atoms with Crippen molar-refractivity contribution in [1.82, 2.24) is 4.72 Å². The van der Waals surface area contributed by atoms with E-state index in [-0.39, 0.29) is 22.9 Å². The van der Waals surface area contributed by atoms with Crippen LogP contribution in [0.5, 0.6) is 5.75 Å². The molecule has 11 heteroatoms. The van der Waals surface area contributed by atoms with Crippen LogP contribution in [0.15, 0.2) is 77.7 Å². The van der Waals surface area contributed by atoms with E-state index in [1.165, 1.54) is 24.3 Å². The van der Waals surface area contributed by atoms with Crippen molar-refractivity contribution in [3.05, 3.63) is 89.7 Å². The van der Waals surface area contributed by atoms with Gasteiger partial charge in [-0.3, -0.25) is 4.79 Å². The lowest BCUT2D eigenvalue weighted by Crippen LogP contribution is -2.26. The maximum atomic E-state index is 13.3.